The Balaban J connectivity index is 2.14. The summed E-state index contributed by atoms with van der Waals surface area (Å²) in [4.78, 5) is 25.2. The maximum atomic E-state index is 11.8. The second kappa shape index (κ2) is 6.23. The third-order valence-corrected chi connectivity index (χ3v) is 3.26. The summed E-state index contributed by atoms with van der Waals surface area (Å²) in [6.45, 7) is 6.59. The number of hydrogen-bond donors (Lipinski definition) is 2. The van der Waals surface area contributed by atoms with Crippen molar-refractivity contribution in [2.45, 2.75) is 19.8 Å². The van der Waals surface area contributed by atoms with Crippen LogP contribution in [0.3, 0.4) is 0 Å². The maximum Gasteiger partial charge on any atom is 0.319 e. The highest BCUT2D eigenvalue weighted by Crippen LogP contribution is 2.30. The molecule has 2 N–H and O–H groups in total. The summed E-state index contributed by atoms with van der Waals surface area (Å²) in [5.41, 5.74) is 2.77. The third-order valence-electron chi connectivity index (χ3n) is 3.26. The Kier molecular flexibility index (Phi) is 4.40. The molecule has 3 amide bonds. The van der Waals surface area contributed by atoms with E-state index in [9.17, 15) is 9.59 Å². The van der Waals surface area contributed by atoms with E-state index in [4.69, 9.17) is 0 Å². The van der Waals surface area contributed by atoms with Crippen LogP contribution >= 0.6 is 0 Å². The molecule has 0 fully saturated rings. The number of nitrogens with zero attached hydrogens (tertiary/aromatic N) is 1. The molecule has 0 saturated carbocycles. The lowest BCUT2D eigenvalue weighted by molar-refractivity contribution is -0.118. The molecule has 0 bridgehead atoms. The topological polar surface area (TPSA) is 61.4 Å². The molecule has 0 spiro atoms. The first-order valence-corrected chi connectivity index (χ1v) is 6.74. The number of hydrogen-bond acceptors (Lipinski definition) is 2. The average molecular weight is 273 g/mol. The number of carbonyl (C=O) groups is 2. The lowest BCUT2D eigenvalue weighted by Gasteiger charge is -2.28. The zero-order valence-corrected chi connectivity index (χ0v) is 11.6. The quantitative estimate of drug-likeness (QED) is 0.827. The van der Waals surface area contributed by atoms with Crippen LogP contribution in [-0.4, -0.2) is 25.0 Å². The smallest absolute Gasteiger partial charge is 0.319 e. The van der Waals surface area contributed by atoms with Gasteiger partial charge in [0.25, 0.3) is 0 Å². The Labute approximate surface area is 118 Å². The van der Waals surface area contributed by atoms with Crippen molar-refractivity contribution in [2.75, 3.05) is 23.3 Å². The zero-order valence-electron chi connectivity index (χ0n) is 11.6. The summed E-state index contributed by atoms with van der Waals surface area (Å²) >= 11 is 0. The van der Waals surface area contributed by atoms with Crippen LogP contribution in [0, 0.1) is 0 Å². The molecule has 0 atom stereocenters. The minimum absolute atomic E-state index is 0.157. The van der Waals surface area contributed by atoms with Crippen molar-refractivity contribution < 1.29 is 9.59 Å². The molecule has 5 heteroatoms. The number of anilines is 2. The van der Waals surface area contributed by atoms with Gasteiger partial charge in [-0.1, -0.05) is 6.08 Å². The summed E-state index contributed by atoms with van der Waals surface area (Å²) in [5, 5.41) is 5.42. The first kappa shape index (κ1) is 14.1. The summed E-state index contributed by atoms with van der Waals surface area (Å²) in [6, 6.07) is 5.37. The molecule has 2 rings (SSSR count). The van der Waals surface area contributed by atoms with E-state index in [-0.39, 0.29) is 11.9 Å². The van der Waals surface area contributed by atoms with Crippen molar-refractivity contribution >= 4 is 23.3 Å². The second-order valence-electron chi connectivity index (χ2n) is 4.61. The van der Waals surface area contributed by atoms with Gasteiger partial charge in [0.1, 0.15) is 0 Å². The molecule has 20 heavy (non-hydrogen) atoms. The highest BCUT2D eigenvalue weighted by atomic mass is 16.2. The zero-order chi connectivity index (χ0) is 14.5. The minimum Gasteiger partial charge on any atom is -0.334 e. The van der Waals surface area contributed by atoms with E-state index in [1.165, 1.54) is 0 Å². The van der Waals surface area contributed by atoms with E-state index < -0.39 is 0 Å². The first-order chi connectivity index (χ1) is 9.65. The van der Waals surface area contributed by atoms with Gasteiger partial charge in [0, 0.05) is 30.9 Å². The van der Waals surface area contributed by atoms with Crippen LogP contribution in [0.15, 0.2) is 30.9 Å². The standard InChI is InChI=1S/C15H19N3O2/c1-3-9-16-15(20)17-12-6-7-13-11(10-12)5-8-14(19)18(13)4-2/h3,6-7,10H,1,4-5,8-9H2,2H3,(H2,16,17,20). The molecule has 1 aliphatic heterocycles. The SMILES string of the molecule is C=CCNC(=O)Nc1ccc2c(c1)CCC(=O)N2CC. The molecule has 0 aromatic heterocycles. The van der Waals surface area contributed by atoms with Crippen molar-refractivity contribution in [2.24, 2.45) is 0 Å². The number of nitrogens with one attached hydrogen (secondary N) is 2. The van der Waals surface area contributed by atoms with Gasteiger partial charge in [0.2, 0.25) is 5.91 Å². The summed E-state index contributed by atoms with van der Waals surface area (Å²) in [5.74, 6) is 0.157. The van der Waals surface area contributed by atoms with Gasteiger partial charge in [-0.2, -0.15) is 0 Å². The van der Waals surface area contributed by atoms with Crippen LogP contribution in [0.4, 0.5) is 16.2 Å². The van der Waals surface area contributed by atoms with Gasteiger partial charge in [-0.15, -0.1) is 6.58 Å². The maximum absolute atomic E-state index is 11.8. The first-order valence-electron chi connectivity index (χ1n) is 6.74. The van der Waals surface area contributed by atoms with Crippen LogP contribution in [-0.2, 0) is 11.2 Å². The summed E-state index contributed by atoms with van der Waals surface area (Å²) in [6.07, 6.45) is 2.86. The average Bonchev–Trinajstić information content (AvgIpc) is 2.45. The Morgan fingerprint density at radius 1 is 1.45 bits per heavy atom. The Hall–Kier alpha value is -2.30. The molecule has 0 aliphatic carbocycles. The van der Waals surface area contributed by atoms with Crippen LogP contribution in [0.5, 0.6) is 0 Å². The van der Waals surface area contributed by atoms with Gasteiger partial charge >= 0.3 is 6.03 Å². The fraction of sp³-hybridized carbons (Fsp3) is 0.333. The van der Waals surface area contributed by atoms with Crippen LogP contribution < -0.4 is 15.5 Å². The molecule has 1 aromatic carbocycles. The number of fused-ring (bicyclic) bond motifs is 1. The molecule has 5 nitrogen and oxygen atoms in total. The van der Waals surface area contributed by atoms with Crippen molar-refractivity contribution in [3.05, 3.63) is 36.4 Å². The van der Waals surface area contributed by atoms with E-state index >= 15 is 0 Å². The Bertz CT molecular complexity index is 540. The predicted molar refractivity (Wildman–Crippen MR) is 80.0 cm³/mol. The number of carbonyl (C=O) groups excluding carboxylic acids is 2. The van der Waals surface area contributed by atoms with Crippen molar-refractivity contribution in [1.29, 1.82) is 0 Å². The normalized spacial score (nSPS) is 13.7. The van der Waals surface area contributed by atoms with E-state index in [1.807, 2.05) is 25.1 Å². The van der Waals surface area contributed by atoms with Crippen LogP contribution in [0.25, 0.3) is 0 Å². The van der Waals surface area contributed by atoms with Crippen LogP contribution in [0.2, 0.25) is 0 Å². The van der Waals surface area contributed by atoms with Gasteiger partial charge in [-0.05, 0) is 37.1 Å². The molecule has 0 saturated heterocycles. The molecule has 106 valence electrons. The number of aryl methyl sites for hydroxylation is 1. The number of amides is 3. The molecule has 1 heterocycles. The predicted octanol–water partition coefficient (Wildman–Crippen LogP) is 2.29. The lowest BCUT2D eigenvalue weighted by atomic mass is 10.0. The van der Waals surface area contributed by atoms with Gasteiger partial charge in [0.15, 0.2) is 0 Å². The minimum atomic E-state index is -0.260. The van der Waals surface area contributed by atoms with Crippen molar-refractivity contribution in [1.82, 2.24) is 5.32 Å². The van der Waals surface area contributed by atoms with Gasteiger partial charge < -0.3 is 15.5 Å². The largest absolute Gasteiger partial charge is 0.334 e. The summed E-state index contributed by atoms with van der Waals surface area (Å²) < 4.78 is 0. The van der Waals surface area contributed by atoms with Gasteiger partial charge in [0.05, 0.1) is 0 Å². The van der Waals surface area contributed by atoms with E-state index in [2.05, 4.69) is 17.2 Å². The number of benzene rings is 1. The number of rotatable bonds is 4. The van der Waals surface area contributed by atoms with E-state index in [0.717, 1.165) is 16.9 Å². The Morgan fingerprint density at radius 2 is 2.25 bits per heavy atom. The lowest BCUT2D eigenvalue weighted by Crippen LogP contribution is -2.35. The van der Waals surface area contributed by atoms with Crippen LogP contribution in [0.1, 0.15) is 18.9 Å². The molecule has 1 aliphatic rings. The third kappa shape index (κ3) is 2.99. The molecule has 0 unspecified atom stereocenters. The van der Waals surface area contributed by atoms with Crippen molar-refractivity contribution in [3.63, 3.8) is 0 Å². The molecule has 0 radical (unpaired) electrons. The van der Waals surface area contributed by atoms with E-state index in [0.29, 0.717) is 25.9 Å². The Morgan fingerprint density at radius 3 is 2.95 bits per heavy atom. The van der Waals surface area contributed by atoms with Gasteiger partial charge in [-0.3, -0.25) is 4.79 Å². The molecular formula is C15H19N3O2. The fourth-order valence-electron chi connectivity index (χ4n) is 2.32. The van der Waals surface area contributed by atoms with Gasteiger partial charge in [-0.25, -0.2) is 4.79 Å². The summed E-state index contributed by atoms with van der Waals surface area (Å²) in [7, 11) is 0. The van der Waals surface area contributed by atoms with Crippen molar-refractivity contribution in [3.8, 4) is 0 Å². The number of urea groups is 1. The second-order valence-corrected chi connectivity index (χ2v) is 4.61. The molecule has 1 aromatic rings. The highest BCUT2D eigenvalue weighted by molar-refractivity contribution is 5.97. The molecular weight excluding hydrogens is 254 g/mol. The monoisotopic (exact) mass is 273 g/mol. The fourth-order valence-corrected chi connectivity index (χ4v) is 2.32. The highest BCUT2D eigenvalue weighted by Gasteiger charge is 2.22. The van der Waals surface area contributed by atoms with E-state index in [1.54, 1.807) is 11.0 Å².